The number of benzene rings is 1. The van der Waals surface area contributed by atoms with Gasteiger partial charge in [0.25, 0.3) is 5.91 Å². The highest BCUT2D eigenvalue weighted by molar-refractivity contribution is 5.92. The van der Waals surface area contributed by atoms with Crippen molar-refractivity contribution in [2.24, 2.45) is 0 Å². The van der Waals surface area contributed by atoms with Gasteiger partial charge in [0, 0.05) is 11.6 Å². The number of hydroxylamine groups is 2. The zero-order chi connectivity index (χ0) is 12.4. The number of nitrogens with zero attached hydrogens (tertiary/aromatic N) is 2. The molecular weight excluding hydrogens is 232 g/mol. The van der Waals surface area contributed by atoms with Crippen LogP contribution in [0.15, 0.2) is 40.9 Å². The average molecular weight is 244 g/mol. The van der Waals surface area contributed by atoms with Crippen LogP contribution in [0.5, 0.6) is 0 Å². The third kappa shape index (κ3) is 2.00. The molecule has 1 aromatic carbocycles. The van der Waals surface area contributed by atoms with E-state index in [0.29, 0.717) is 18.9 Å². The second-order valence-electron chi connectivity index (χ2n) is 4.04. The van der Waals surface area contributed by atoms with Crippen molar-refractivity contribution in [3.63, 3.8) is 0 Å². The number of amides is 1. The van der Waals surface area contributed by atoms with Gasteiger partial charge in [-0.1, -0.05) is 35.5 Å². The maximum atomic E-state index is 12.0. The summed E-state index contributed by atoms with van der Waals surface area (Å²) in [6.07, 6.45) is 0.856. The van der Waals surface area contributed by atoms with Crippen LogP contribution in [0.2, 0.25) is 0 Å². The zero-order valence-electron chi connectivity index (χ0n) is 9.70. The Morgan fingerprint density at radius 2 is 2.11 bits per heavy atom. The van der Waals surface area contributed by atoms with Crippen molar-refractivity contribution >= 4 is 5.91 Å². The molecule has 0 bridgehead atoms. The lowest BCUT2D eigenvalue weighted by atomic mass is 10.1. The Labute approximate surface area is 104 Å². The molecule has 2 aromatic rings. The predicted octanol–water partition coefficient (Wildman–Crippen LogP) is 2.12. The van der Waals surface area contributed by atoms with Gasteiger partial charge in [0.2, 0.25) is 0 Å². The average Bonchev–Trinajstić information content (AvgIpc) is 3.10. The third-order valence-corrected chi connectivity index (χ3v) is 2.77. The minimum absolute atomic E-state index is 0.251. The first kappa shape index (κ1) is 11.0. The molecule has 0 unspecified atom stereocenters. The molecule has 2 heterocycles. The summed E-state index contributed by atoms with van der Waals surface area (Å²) in [4.78, 5) is 17.2. The van der Waals surface area contributed by atoms with Crippen LogP contribution in [-0.2, 0) is 4.84 Å². The molecule has 5 heteroatoms. The standard InChI is InChI=1S/C13H12N2O3/c16-13(15-7-4-8-17-15)11-9-12(18-14-11)10-5-2-1-3-6-10/h1-3,5-6,9H,4,7-8H2. The van der Waals surface area contributed by atoms with Crippen LogP contribution in [0.4, 0.5) is 0 Å². The molecule has 0 N–H and O–H groups in total. The maximum absolute atomic E-state index is 12.0. The molecule has 3 rings (SSSR count). The highest BCUT2D eigenvalue weighted by Crippen LogP contribution is 2.21. The highest BCUT2D eigenvalue weighted by atomic mass is 16.7. The van der Waals surface area contributed by atoms with Gasteiger partial charge in [-0.2, -0.15) is 0 Å². The molecule has 0 radical (unpaired) electrons. The van der Waals surface area contributed by atoms with E-state index in [2.05, 4.69) is 5.16 Å². The number of hydrogen-bond donors (Lipinski definition) is 0. The van der Waals surface area contributed by atoms with Gasteiger partial charge < -0.3 is 4.52 Å². The van der Waals surface area contributed by atoms with Crippen LogP contribution in [0.25, 0.3) is 11.3 Å². The SMILES string of the molecule is O=C(c1cc(-c2ccccc2)on1)N1CCCO1. The molecule has 1 saturated heterocycles. The van der Waals surface area contributed by atoms with E-state index >= 15 is 0 Å². The molecule has 1 aliphatic rings. The van der Waals surface area contributed by atoms with Crippen molar-refractivity contribution in [2.45, 2.75) is 6.42 Å². The van der Waals surface area contributed by atoms with Gasteiger partial charge in [-0.15, -0.1) is 0 Å². The Kier molecular flexibility index (Phi) is 2.82. The number of hydrogen-bond acceptors (Lipinski definition) is 4. The maximum Gasteiger partial charge on any atom is 0.299 e. The minimum Gasteiger partial charge on any atom is -0.355 e. The van der Waals surface area contributed by atoms with E-state index in [1.165, 1.54) is 5.06 Å². The van der Waals surface area contributed by atoms with Crippen LogP contribution in [0.1, 0.15) is 16.9 Å². The number of aromatic nitrogens is 1. The van der Waals surface area contributed by atoms with E-state index < -0.39 is 0 Å². The van der Waals surface area contributed by atoms with Crippen molar-refractivity contribution in [3.8, 4) is 11.3 Å². The van der Waals surface area contributed by atoms with Crippen LogP contribution < -0.4 is 0 Å². The van der Waals surface area contributed by atoms with Crippen LogP contribution in [0, 0.1) is 0 Å². The fourth-order valence-electron chi connectivity index (χ4n) is 1.85. The van der Waals surface area contributed by atoms with E-state index in [9.17, 15) is 4.79 Å². The molecule has 5 nitrogen and oxygen atoms in total. The lowest BCUT2D eigenvalue weighted by molar-refractivity contribution is -0.0773. The van der Waals surface area contributed by atoms with Crippen molar-refractivity contribution in [1.29, 1.82) is 0 Å². The molecule has 0 aliphatic carbocycles. The Morgan fingerprint density at radius 3 is 2.83 bits per heavy atom. The second-order valence-corrected chi connectivity index (χ2v) is 4.04. The Bertz CT molecular complexity index is 544. The van der Waals surface area contributed by atoms with Gasteiger partial charge in [-0.3, -0.25) is 9.63 Å². The van der Waals surface area contributed by atoms with E-state index in [1.807, 2.05) is 30.3 Å². The summed E-state index contributed by atoms with van der Waals surface area (Å²) in [6, 6.07) is 11.2. The van der Waals surface area contributed by atoms with Crippen molar-refractivity contribution in [3.05, 3.63) is 42.1 Å². The summed E-state index contributed by atoms with van der Waals surface area (Å²) >= 11 is 0. The first-order valence-corrected chi connectivity index (χ1v) is 5.81. The molecule has 0 atom stereocenters. The van der Waals surface area contributed by atoms with Crippen molar-refractivity contribution < 1.29 is 14.2 Å². The largest absolute Gasteiger partial charge is 0.355 e. The second kappa shape index (κ2) is 4.62. The fourth-order valence-corrected chi connectivity index (χ4v) is 1.85. The molecule has 0 spiro atoms. The molecule has 1 aromatic heterocycles. The normalized spacial score (nSPS) is 15.0. The smallest absolute Gasteiger partial charge is 0.299 e. The highest BCUT2D eigenvalue weighted by Gasteiger charge is 2.24. The quantitative estimate of drug-likeness (QED) is 0.812. The summed E-state index contributed by atoms with van der Waals surface area (Å²) in [6.45, 7) is 1.18. The summed E-state index contributed by atoms with van der Waals surface area (Å²) in [5, 5.41) is 5.12. The van der Waals surface area contributed by atoms with Gasteiger partial charge in [0.15, 0.2) is 11.5 Å². The number of rotatable bonds is 2. The van der Waals surface area contributed by atoms with Gasteiger partial charge in [0.1, 0.15) is 0 Å². The molecule has 1 aliphatic heterocycles. The number of carbonyl (C=O) groups is 1. The Hall–Kier alpha value is -2.14. The molecule has 18 heavy (non-hydrogen) atoms. The molecule has 1 fully saturated rings. The van der Waals surface area contributed by atoms with Crippen LogP contribution in [-0.4, -0.2) is 29.3 Å². The van der Waals surface area contributed by atoms with E-state index in [4.69, 9.17) is 9.36 Å². The Balaban J connectivity index is 1.83. The summed E-state index contributed by atoms with van der Waals surface area (Å²) in [5.41, 5.74) is 1.17. The molecule has 92 valence electrons. The van der Waals surface area contributed by atoms with Crippen molar-refractivity contribution in [2.75, 3.05) is 13.2 Å². The first-order chi connectivity index (χ1) is 8.84. The molecular formula is C13H12N2O3. The summed E-state index contributed by atoms with van der Waals surface area (Å²) < 4.78 is 5.18. The summed E-state index contributed by atoms with van der Waals surface area (Å²) in [7, 11) is 0. The topological polar surface area (TPSA) is 55.6 Å². The minimum atomic E-state index is -0.251. The van der Waals surface area contributed by atoms with Gasteiger partial charge in [0.05, 0.1) is 13.2 Å². The van der Waals surface area contributed by atoms with E-state index in [0.717, 1.165) is 12.0 Å². The van der Waals surface area contributed by atoms with E-state index in [1.54, 1.807) is 6.07 Å². The Morgan fingerprint density at radius 1 is 1.28 bits per heavy atom. The number of carbonyl (C=O) groups excluding carboxylic acids is 1. The summed E-state index contributed by atoms with van der Waals surface area (Å²) in [5.74, 6) is 0.330. The zero-order valence-corrected chi connectivity index (χ0v) is 9.70. The first-order valence-electron chi connectivity index (χ1n) is 5.81. The van der Waals surface area contributed by atoms with E-state index in [-0.39, 0.29) is 11.6 Å². The predicted molar refractivity (Wildman–Crippen MR) is 63.5 cm³/mol. The van der Waals surface area contributed by atoms with Gasteiger partial charge in [-0.25, -0.2) is 5.06 Å². The van der Waals surface area contributed by atoms with Gasteiger partial charge >= 0.3 is 0 Å². The lowest BCUT2D eigenvalue weighted by Gasteiger charge is -2.10. The monoisotopic (exact) mass is 244 g/mol. The molecule has 1 amide bonds. The third-order valence-electron chi connectivity index (χ3n) is 2.77. The molecule has 0 saturated carbocycles. The van der Waals surface area contributed by atoms with Crippen LogP contribution >= 0.6 is 0 Å². The van der Waals surface area contributed by atoms with Crippen molar-refractivity contribution in [1.82, 2.24) is 10.2 Å². The van der Waals surface area contributed by atoms with Gasteiger partial charge in [-0.05, 0) is 6.42 Å². The fraction of sp³-hybridized carbons (Fsp3) is 0.231. The van der Waals surface area contributed by atoms with Crippen LogP contribution in [0.3, 0.4) is 0 Å². The lowest BCUT2D eigenvalue weighted by Crippen LogP contribution is -2.26.